The van der Waals surface area contributed by atoms with Gasteiger partial charge in [0.2, 0.25) is 0 Å². The smallest absolute Gasteiger partial charge is 0.172 e. The van der Waals surface area contributed by atoms with Crippen LogP contribution in [0.5, 0.6) is 0 Å². The molecule has 2 aliphatic heterocycles. The lowest BCUT2D eigenvalue weighted by atomic mass is 10.0. The summed E-state index contributed by atoms with van der Waals surface area (Å²) in [6.07, 6.45) is -0.892. The normalized spacial score (nSPS) is 59.0. The SMILES string of the molecule is C[C@@H]1C[C@@H](O)[C@@H]2[C@@H](O)[C@H](O)C[S+]21. The molecular formula is C8H15O3S+. The molecule has 0 aromatic carbocycles. The lowest BCUT2D eigenvalue weighted by molar-refractivity contribution is 0.0148. The lowest BCUT2D eigenvalue weighted by Gasteiger charge is -2.11. The summed E-state index contributed by atoms with van der Waals surface area (Å²) in [4.78, 5) is 0. The molecular weight excluding hydrogens is 176 g/mol. The van der Waals surface area contributed by atoms with Gasteiger partial charge < -0.3 is 15.3 Å². The Morgan fingerprint density at radius 1 is 1.17 bits per heavy atom. The zero-order valence-electron chi connectivity index (χ0n) is 7.05. The largest absolute Gasteiger partial charge is 0.388 e. The summed E-state index contributed by atoms with van der Waals surface area (Å²) < 4.78 is 0. The number of hydrogen-bond donors (Lipinski definition) is 3. The van der Waals surface area contributed by atoms with Crippen LogP contribution in [0, 0.1) is 0 Å². The van der Waals surface area contributed by atoms with Crippen molar-refractivity contribution in [2.75, 3.05) is 5.75 Å². The van der Waals surface area contributed by atoms with Crippen LogP contribution in [0.15, 0.2) is 0 Å². The quantitative estimate of drug-likeness (QED) is 0.424. The van der Waals surface area contributed by atoms with E-state index in [1.54, 1.807) is 0 Å². The molecule has 0 aliphatic carbocycles. The van der Waals surface area contributed by atoms with Crippen LogP contribution < -0.4 is 0 Å². The second-order valence-corrected chi connectivity index (χ2v) is 6.39. The topological polar surface area (TPSA) is 60.7 Å². The van der Waals surface area contributed by atoms with Crippen molar-refractivity contribution in [2.45, 2.75) is 42.2 Å². The van der Waals surface area contributed by atoms with Gasteiger partial charge in [0, 0.05) is 17.3 Å². The predicted octanol–water partition coefficient (Wildman–Crippen LogP) is -1.14. The fourth-order valence-corrected chi connectivity index (χ4v) is 5.44. The van der Waals surface area contributed by atoms with Gasteiger partial charge in [0.15, 0.2) is 5.25 Å². The van der Waals surface area contributed by atoms with Crippen LogP contribution in [0.2, 0.25) is 0 Å². The van der Waals surface area contributed by atoms with E-state index < -0.39 is 18.3 Å². The molecule has 6 atom stereocenters. The molecule has 1 unspecified atom stereocenters. The molecule has 0 saturated carbocycles. The van der Waals surface area contributed by atoms with E-state index in [0.29, 0.717) is 11.0 Å². The van der Waals surface area contributed by atoms with Gasteiger partial charge in [-0.1, -0.05) is 0 Å². The van der Waals surface area contributed by atoms with E-state index in [-0.39, 0.29) is 16.1 Å². The van der Waals surface area contributed by atoms with Crippen LogP contribution in [-0.2, 0) is 10.9 Å². The molecule has 2 aliphatic rings. The molecule has 0 spiro atoms. The third kappa shape index (κ3) is 1.09. The highest BCUT2D eigenvalue weighted by atomic mass is 32.2. The highest BCUT2D eigenvalue weighted by Gasteiger charge is 2.60. The van der Waals surface area contributed by atoms with E-state index in [4.69, 9.17) is 0 Å². The van der Waals surface area contributed by atoms with Crippen molar-refractivity contribution in [3.63, 3.8) is 0 Å². The standard InChI is InChI=1S/C8H15O3S/c1-4-2-5(9)8-7(11)6(10)3-12(4)8/h4-11H,2-3H2,1H3/q+1/t4-,5-,6-,7+,8-,12?/m1/s1. The van der Waals surface area contributed by atoms with Crippen molar-refractivity contribution in [3.8, 4) is 0 Å². The van der Waals surface area contributed by atoms with E-state index in [1.807, 2.05) is 0 Å². The van der Waals surface area contributed by atoms with Gasteiger partial charge in [-0.2, -0.15) is 0 Å². The molecule has 0 amide bonds. The Labute approximate surface area is 74.8 Å². The molecule has 0 bridgehead atoms. The Balaban J connectivity index is 2.18. The summed E-state index contributed by atoms with van der Waals surface area (Å²) in [5, 5.41) is 29.0. The van der Waals surface area contributed by atoms with Gasteiger partial charge in [-0.3, -0.25) is 0 Å². The molecule has 0 aromatic heterocycles. The average molecular weight is 191 g/mol. The first kappa shape index (κ1) is 8.81. The molecule has 3 nitrogen and oxygen atoms in total. The highest BCUT2D eigenvalue weighted by molar-refractivity contribution is 7.98. The monoisotopic (exact) mass is 191 g/mol. The van der Waals surface area contributed by atoms with Crippen molar-refractivity contribution >= 4 is 10.9 Å². The van der Waals surface area contributed by atoms with Crippen LogP contribution in [0.3, 0.4) is 0 Å². The van der Waals surface area contributed by atoms with Crippen LogP contribution in [0.25, 0.3) is 0 Å². The third-order valence-electron chi connectivity index (χ3n) is 2.91. The Hall–Kier alpha value is 0.230. The summed E-state index contributed by atoms with van der Waals surface area (Å²) in [5.41, 5.74) is 0. The minimum Gasteiger partial charge on any atom is -0.388 e. The van der Waals surface area contributed by atoms with E-state index in [0.717, 1.165) is 6.42 Å². The Morgan fingerprint density at radius 3 is 2.42 bits per heavy atom. The third-order valence-corrected chi connectivity index (χ3v) is 6.16. The zero-order chi connectivity index (χ0) is 8.88. The summed E-state index contributed by atoms with van der Waals surface area (Å²) in [6, 6.07) is 0. The Bertz CT molecular complexity index is 187. The number of aliphatic hydroxyl groups is 3. The summed E-state index contributed by atoms with van der Waals surface area (Å²) >= 11 is 0. The van der Waals surface area contributed by atoms with Gasteiger partial charge in [-0.25, -0.2) is 0 Å². The van der Waals surface area contributed by atoms with Crippen LogP contribution in [-0.4, -0.2) is 49.9 Å². The maximum Gasteiger partial charge on any atom is 0.172 e. The molecule has 4 heteroatoms. The fraction of sp³-hybridized carbons (Fsp3) is 1.00. The summed E-state index contributed by atoms with van der Waals surface area (Å²) in [7, 11) is 0.0471. The Morgan fingerprint density at radius 2 is 1.83 bits per heavy atom. The predicted molar refractivity (Wildman–Crippen MR) is 48.1 cm³/mol. The number of fused-ring (bicyclic) bond motifs is 1. The maximum atomic E-state index is 9.59. The number of hydrogen-bond acceptors (Lipinski definition) is 3. The molecule has 3 N–H and O–H groups in total. The van der Waals surface area contributed by atoms with E-state index in [2.05, 4.69) is 6.92 Å². The van der Waals surface area contributed by atoms with Gasteiger partial charge in [-0.05, 0) is 6.92 Å². The van der Waals surface area contributed by atoms with Crippen molar-refractivity contribution < 1.29 is 15.3 Å². The first-order valence-electron chi connectivity index (χ1n) is 4.34. The molecule has 2 heterocycles. The number of rotatable bonds is 0. The molecule has 2 rings (SSSR count). The summed E-state index contributed by atoms with van der Waals surface area (Å²) in [6.45, 7) is 2.09. The van der Waals surface area contributed by atoms with Gasteiger partial charge in [0.25, 0.3) is 0 Å². The van der Waals surface area contributed by atoms with Gasteiger partial charge >= 0.3 is 0 Å². The fourth-order valence-electron chi connectivity index (χ4n) is 2.26. The minimum atomic E-state index is -0.687. The van der Waals surface area contributed by atoms with Gasteiger partial charge in [-0.15, -0.1) is 0 Å². The molecule has 12 heavy (non-hydrogen) atoms. The lowest BCUT2D eigenvalue weighted by Crippen LogP contribution is -2.36. The first-order valence-corrected chi connectivity index (χ1v) is 5.86. The molecule has 0 radical (unpaired) electrons. The average Bonchev–Trinajstić information content (AvgIpc) is 2.41. The van der Waals surface area contributed by atoms with Gasteiger partial charge in [0.1, 0.15) is 29.3 Å². The Kier molecular flexibility index (Phi) is 2.11. The molecule has 2 saturated heterocycles. The second kappa shape index (κ2) is 2.87. The first-order chi connectivity index (χ1) is 5.61. The van der Waals surface area contributed by atoms with Crippen LogP contribution >= 0.6 is 0 Å². The summed E-state index contributed by atoms with van der Waals surface area (Å²) in [5.74, 6) is 0.685. The van der Waals surface area contributed by atoms with Gasteiger partial charge in [0.05, 0.1) is 0 Å². The highest BCUT2D eigenvalue weighted by Crippen LogP contribution is 2.38. The second-order valence-electron chi connectivity index (χ2n) is 3.77. The molecule has 2 fully saturated rings. The van der Waals surface area contributed by atoms with Crippen LogP contribution in [0.1, 0.15) is 13.3 Å². The minimum absolute atomic E-state index is 0.0463. The van der Waals surface area contributed by atoms with Crippen molar-refractivity contribution in [1.29, 1.82) is 0 Å². The zero-order valence-corrected chi connectivity index (χ0v) is 7.87. The van der Waals surface area contributed by atoms with Crippen molar-refractivity contribution in [2.24, 2.45) is 0 Å². The van der Waals surface area contributed by atoms with E-state index in [1.165, 1.54) is 0 Å². The van der Waals surface area contributed by atoms with E-state index >= 15 is 0 Å². The molecule has 0 aromatic rings. The van der Waals surface area contributed by atoms with Crippen molar-refractivity contribution in [1.82, 2.24) is 0 Å². The van der Waals surface area contributed by atoms with E-state index in [9.17, 15) is 15.3 Å². The number of aliphatic hydroxyl groups excluding tert-OH is 3. The van der Waals surface area contributed by atoms with Crippen LogP contribution in [0.4, 0.5) is 0 Å². The maximum absolute atomic E-state index is 9.59. The van der Waals surface area contributed by atoms with Crippen molar-refractivity contribution in [3.05, 3.63) is 0 Å². The molecule has 70 valence electrons.